The Hall–Kier alpha value is -2.18. The Morgan fingerprint density at radius 3 is 2.69 bits per heavy atom. The first-order chi connectivity index (χ1) is 11.9. The molecule has 138 valence electrons. The molecule has 0 bridgehead atoms. The van der Waals surface area contributed by atoms with Gasteiger partial charge < -0.3 is 22.4 Å². The average molecular weight is 392 g/mol. The minimum atomic E-state index is -0.749. The van der Waals surface area contributed by atoms with E-state index in [4.69, 9.17) is 10.1 Å². The fourth-order valence-electron chi connectivity index (χ4n) is 2.71. The summed E-state index contributed by atoms with van der Waals surface area (Å²) in [6.45, 7) is 0.717. The lowest BCUT2D eigenvalue weighted by Gasteiger charge is -2.19. The Bertz CT molecular complexity index is 966. The second-order valence-electron chi connectivity index (χ2n) is 6.33. The molecule has 0 spiro atoms. The molecule has 1 aliphatic carbocycles. The Balaban J connectivity index is 0.00000243. The number of aromatic nitrogens is 1. The van der Waals surface area contributed by atoms with Gasteiger partial charge >= 0.3 is 5.97 Å². The number of fused-ring (bicyclic) bond motifs is 2. The standard InChI is InChI=1S/C19H21N3O2S.ClH/c1-21(2)13-6-8-15-17(11-13)25-18-12-14(7-9-16(18)20-15)22(3)10-4-5-19(23)24;/h6-9,11-12H,4-5,10H2,1-3H3;1H. The monoisotopic (exact) mass is 391 g/mol. The van der Waals surface area contributed by atoms with Crippen molar-refractivity contribution in [3.63, 3.8) is 0 Å². The third-order valence-electron chi connectivity index (χ3n) is 4.19. The summed E-state index contributed by atoms with van der Waals surface area (Å²) in [6, 6.07) is 12.5. The molecule has 0 amide bonds. The van der Waals surface area contributed by atoms with Crippen molar-refractivity contribution in [2.24, 2.45) is 0 Å². The van der Waals surface area contributed by atoms with E-state index in [9.17, 15) is 4.79 Å². The van der Waals surface area contributed by atoms with E-state index in [1.165, 1.54) is 0 Å². The second kappa shape index (κ2) is 8.47. The van der Waals surface area contributed by atoms with E-state index < -0.39 is 5.97 Å². The number of anilines is 1. The van der Waals surface area contributed by atoms with Crippen molar-refractivity contribution < 1.29 is 22.3 Å². The molecule has 0 saturated carbocycles. The number of benzene rings is 2. The summed E-state index contributed by atoms with van der Waals surface area (Å²) in [4.78, 5) is 18.7. The molecule has 1 aromatic rings. The molecule has 0 saturated heterocycles. The maximum Gasteiger partial charge on any atom is 0.303 e. The van der Waals surface area contributed by atoms with Crippen LogP contribution < -0.4 is 27.2 Å². The van der Waals surface area contributed by atoms with E-state index in [1.54, 1.807) is 11.3 Å². The Morgan fingerprint density at radius 1 is 1.23 bits per heavy atom. The number of carboxylic acids is 1. The maximum atomic E-state index is 10.7. The molecule has 7 heteroatoms. The predicted molar refractivity (Wildman–Crippen MR) is 103 cm³/mol. The molecule has 0 radical (unpaired) electrons. The molecule has 0 unspecified atom stereocenters. The first-order valence-corrected chi connectivity index (χ1v) is 9.03. The largest absolute Gasteiger partial charge is 1.00 e. The molecule has 5 nitrogen and oxygen atoms in total. The summed E-state index contributed by atoms with van der Waals surface area (Å²) < 4.78 is 3.22. The van der Waals surface area contributed by atoms with Crippen molar-refractivity contribution in [3.05, 3.63) is 41.8 Å². The van der Waals surface area contributed by atoms with Crippen LogP contribution in [0.2, 0.25) is 0 Å². The Kier molecular flexibility index (Phi) is 6.56. The SMILES string of the molecule is CN(CCCC(=O)O)c1ccc2nc3ccc(=[N+](C)C)cc-3sc2c1.[Cl-]. The van der Waals surface area contributed by atoms with E-state index in [-0.39, 0.29) is 18.8 Å². The Labute approximate surface area is 163 Å². The molecule has 3 rings (SSSR count). The van der Waals surface area contributed by atoms with Crippen molar-refractivity contribution in [1.82, 2.24) is 9.56 Å². The van der Waals surface area contributed by atoms with Gasteiger partial charge in [0.05, 0.1) is 20.8 Å². The van der Waals surface area contributed by atoms with Crippen LogP contribution in [0.1, 0.15) is 12.8 Å². The van der Waals surface area contributed by atoms with E-state index in [0.717, 1.165) is 31.8 Å². The van der Waals surface area contributed by atoms with E-state index >= 15 is 0 Å². The molecule has 0 fully saturated rings. The van der Waals surface area contributed by atoms with Crippen LogP contribution in [-0.4, -0.2) is 43.7 Å². The van der Waals surface area contributed by atoms with E-state index in [0.29, 0.717) is 13.0 Å². The molecule has 0 aromatic heterocycles. The lowest BCUT2D eigenvalue weighted by molar-refractivity contribution is -0.137. The molecule has 1 N–H and O–H groups in total. The average Bonchev–Trinajstić information content (AvgIpc) is 2.58. The zero-order valence-corrected chi connectivity index (χ0v) is 16.6. The summed E-state index contributed by atoms with van der Waals surface area (Å²) in [5, 5.41) is 9.93. The van der Waals surface area contributed by atoms with Gasteiger partial charge in [-0.1, -0.05) is 0 Å². The molecular weight excluding hydrogens is 370 g/mol. The molecule has 0 atom stereocenters. The normalized spacial score (nSPS) is 10.6. The van der Waals surface area contributed by atoms with Crippen LogP contribution in [0, 0.1) is 0 Å². The number of carboxylic acid groups (broad SMARTS) is 1. The van der Waals surface area contributed by atoms with Gasteiger partial charge in [0.15, 0.2) is 0 Å². The molecular formula is C19H22ClN3O2S. The van der Waals surface area contributed by atoms with Crippen LogP contribution in [0.3, 0.4) is 0 Å². The molecule has 1 aromatic carbocycles. The quantitative estimate of drug-likeness (QED) is 0.481. The van der Waals surface area contributed by atoms with Crippen molar-refractivity contribution in [3.8, 4) is 10.6 Å². The molecule has 26 heavy (non-hydrogen) atoms. The van der Waals surface area contributed by atoms with Gasteiger partial charge in [-0.05, 0) is 30.7 Å². The van der Waals surface area contributed by atoms with E-state index in [1.807, 2.05) is 33.3 Å². The number of rotatable bonds is 5. The fourth-order valence-corrected chi connectivity index (χ4v) is 3.75. The second-order valence-corrected chi connectivity index (χ2v) is 7.41. The van der Waals surface area contributed by atoms with Crippen molar-refractivity contribution in [2.75, 3.05) is 32.6 Å². The Morgan fingerprint density at radius 2 is 2.00 bits per heavy atom. The number of hydrogen-bond acceptors (Lipinski definition) is 4. The van der Waals surface area contributed by atoms with Crippen LogP contribution in [-0.2, 0) is 4.79 Å². The first kappa shape index (κ1) is 20.1. The number of nitrogens with zero attached hydrogens (tertiary/aromatic N) is 3. The van der Waals surface area contributed by atoms with Gasteiger partial charge in [-0.15, -0.1) is 11.3 Å². The summed E-state index contributed by atoms with van der Waals surface area (Å²) in [5.41, 5.74) is 3.07. The van der Waals surface area contributed by atoms with Gasteiger partial charge in [-0.3, -0.25) is 4.79 Å². The van der Waals surface area contributed by atoms with Gasteiger partial charge in [-0.2, -0.15) is 0 Å². The van der Waals surface area contributed by atoms with E-state index in [2.05, 4.69) is 33.7 Å². The highest BCUT2D eigenvalue weighted by Gasteiger charge is 2.10. The highest BCUT2D eigenvalue weighted by atomic mass is 35.5. The number of hydrogen-bond donors (Lipinski definition) is 1. The van der Waals surface area contributed by atoms with Crippen molar-refractivity contribution >= 4 is 33.2 Å². The fraction of sp³-hybridized carbons (Fsp3) is 0.316. The lowest BCUT2D eigenvalue weighted by atomic mass is 10.2. The van der Waals surface area contributed by atoms with Crippen LogP contribution in [0.25, 0.3) is 20.8 Å². The third-order valence-corrected chi connectivity index (χ3v) is 5.28. The van der Waals surface area contributed by atoms with Gasteiger partial charge in [0.2, 0.25) is 5.36 Å². The van der Waals surface area contributed by atoms with Gasteiger partial charge in [0.1, 0.15) is 14.1 Å². The number of halogens is 1. The van der Waals surface area contributed by atoms with Gasteiger partial charge in [0, 0.05) is 37.8 Å². The summed E-state index contributed by atoms with van der Waals surface area (Å²) >= 11 is 1.73. The third kappa shape index (κ3) is 4.51. The zero-order valence-electron chi connectivity index (χ0n) is 15.1. The predicted octanol–water partition coefficient (Wildman–Crippen LogP) is -0.262. The first-order valence-electron chi connectivity index (χ1n) is 8.22. The maximum absolute atomic E-state index is 10.7. The minimum absolute atomic E-state index is 0. The number of aliphatic carboxylic acids is 1. The summed E-state index contributed by atoms with van der Waals surface area (Å²) in [6.07, 6.45) is 0.829. The zero-order chi connectivity index (χ0) is 18.0. The van der Waals surface area contributed by atoms with Gasteiger partial charge in [0.25, 0.3) is 0 Å². The summed E-state index contributed by atoms with van der Waals surface area (Å²) in [5.74, 6) is -0.749. The lowest BCUT2D eigenvalue weighted by Crippen LogP contribution is -3.00. The van der Waals surface area contributed by atoms with Crippen LogP contribution in [0.4, 0.5) is 5.69 Å². The molecule has 2 aliphatic rings. The van der Waals surface area contributed by atoms with Crippen LogP contribution in [0.15, 0.2) is 36.4 Å². The summed E-state index contributed by atoms with van der Waals surface area (Å²) in [7, 11) is 6.06. The van der Waals surface area contributed by atoms with Crippen LogP contribution >= 0.6 is 11.3 Å². The van der Waals surface area contributed by atoms with Crippen molar-refractivity contribution in [2.45, 2.75) is 12.8 Å². The highest BCUT2D eigenvalue weighted by Crippen LogP contribution is 2.31. The molecule has 1 aliphatic heterocycles. The van der Waals surface area contributed by atoms with Gasteiger partial charge in [-0.25, -0.2) is 9.56 Å². The smallest absolute Gasteiger partial charge is 0.303 e. The van der Waals surface area contributed by atoms with Crippen molar-refractivity contribution in [1.29, 1.82) is 0 Å². The highest BCUT2D eigenvalue weighted by molar-refractivity contribution is 7.21. The minimum Gasteiger partial charge on any atom is -1.00 e. The topological polar surface area (TPSA) is 56.4 Å². The molecule has 1 heterocycles. The van der Waals surface area contributed by atoms with Crippen LogP contribution in [0.5, 0.6) is 0 Å². The number of carbonyl (C=O) groups is 1.